The zero-order chi connectivity index (χ0) is 32.1. The largest absolute Gasteiger partial charge is 0.497 e. The third-order valence-corrected chi connectivity index (χ3v) is 18.7. The molecule has 1 aliphatic heterocycles. The maximum atomic E-state index is 14.4. The molecule has 240 valence electrons. The molecule has 8 heteroatoms. The van der Waals surface area contributed by atoms with E-state index in [2.05, 4.69) is 79.9 Å². The topological polar surface area (TPSA) is 57.2 Å². The van der Waals surface area contributed by atoms with Crippen LogP contribution < -0.4 is 4.74 Å². The van der Waals surface area contributed by atoms with E-state index in [0.29, 0.717) is 19.8 Å². The van der Waals surface area contributed by atoms with Gasteiger partial charge < -0.3 is 23.2 Å². The number of carbonyl (C=O) groups is 1. The first kappa shape index (κ1) is 35.5. The fourth-order valence-corrected chi connectivity index (χ4v) is 7.42. The highest BCUT2D eigenvalue weighted by atomic mass is 28.4. The molecule has 0 unspecified atom stereocenters. The second-order valence-corrected chi connectivity index (χ2v) is 24.6. The second-order valence-electron chi connectivity index (χ2n) is 15.1. The molecule has 1 aliphatic rings. The van der Waals surface area contributed by atoms with E-state index in [1.165, 1.54) is 5.56 Å². The van der Waals surface area contributed by atoms with E-state index in [9.17, 15) is 4.79 Å². The molecule has 0 aromatic heterocycles. The maximum absolute atomic E-state index is 14.4. The Bertz CT molecular complexity index is 1160. The Morgan fingerprint density at radius 1 is 0.767 bits per heavy atom. The monoisotopic (exact) mass is 627 g/mol. The van der Waals surface area contributed by atoms with Crippen LogP contribution in [0.25, 0.3) is 0 Å². The average Bonchev–Trinajstić information content (AvgIpc) is 3.14. The van der Waals surface area contributed by atoms with Gasteiger partial charge in [-0.05, 0) is 78.8 Å². The van der Waals surface area contributed by atoms with Crippen LogP contribution in [-0.4, -0.2) is 59.4 Å². The lowest BCUT2D eigenvalue weighted by Crippen LogP contribution is -2.53. The molecule has 0 N–H and O–H groups in total. The number of methoxy groups -OCH3 is 1. The summed E-state index contributed by atoms with van der Waals surface area (Å²) in [5, 5.41) is -0.0133. The number of hydrogen-bond acceptors (Lipinski definition) is 5. The lowest BCUT2D eigenvalue weighted by Gasteiger charge is -2.43. The van der Waals surface area contributed by atoms with Crippen molar-refractivity contribution in [2.75, 3.05) is 13.7 Å². The fraction of sp³-hybridized carbons (Fsp3) is 0.629. The van der Waals surface area contributed by atoms with E-state index in [1.54, 1.807) is 7.11 Å². The number of rotatable bonds is 14. The summed E-state index contributed by atoms with van der Waals surface area (Å²) < 4.78 is 25.5. The van der Waals surface area contributed by atoms with Crippen LogP contribution in [0, 0.1) is 0 Å². The highest BCUT2D eigenvalue weighted by molar-refractivity contribution is 6.74. The molecule has 1 saturated heterocycles. The number of benzene rings is 2. The number of amides is 1. The summed E-state index contributed by atoms with van der Waals surface area (Å²) in [6.07, 6.45) is 1.79. The van der Waals surface area contributed by atoms with Crippen LogP contribution in [0.2, 0.25) is 36.3 Å². The van der Waals surface area contributed by atoms with Crippen LogP contribution in [-0.2, 0) is 31.5 Å². The molecule has 3 atom stereocenters. The number of ether oxygens (including phenoxy) is 2. The fourth-order valence-electron chi connectivity index (χ4n) is 4.88. The van der Waals surface area contributed by atoms with Crippen LogP contribution in [0.3, 0.4) is 0 Å². The van der Waals surface area contributed by atoms with Gasteiger partial charge in [0.1, 0.15) is 5.75 Å². The molecule has 1 fully saturated rings. The molecular weight excluding hydrogens is 571 g/mol. The molecule has 2 aromatic carbocycles. The predicted octanol–water partition coefficient (Wildman–Crippen LogP) is 8.57. The molecule has 3 rings (SSSR count). The average molecular weight is 628 g/mol. The first-order chi connectivity index (χ1) is 20.0. The minimum absolute atomic E-state index is 0.0107. The number of carbonyl (C=O) groups excluding carboxylic acids is 1. The van der Waals surface area contributed by atoms with Crippen LogP contribution in [0.15, 0.2) is 54.6 Å². The Kier molecular flexibility index (Phi) is 11.9. The Morgan fingerprint density at radius 2 is 1.35 bits per heavy atom. The lowest BCUT2D eigenvalue weighted by molar-refractivity contribution is -0.135. The third-order valence-electron chi connectivity index (χ3n) is 9.73. The van der Waals surface area contributed by atoms with E-state index in [0.717, 1.165) is 30.6 Å². The van der Waals surface area contributed by atoms with Crippen molar-refractivity contribution in [2.45, 2.75) is 128 Å². The van der Waals surface area contributed by atoms with Crippen LogP contribution >= 0.6 is 0 Å². The molecule has 0 spiro atoms. The van der Waals surface area contributed by atoms with Crippen molar-refractivity contribution < 1.29 is 23.1 Å². The number of hydrogen-bond donors (Lipinski definition) is 0. The van der Waals surface area contributed by atoms with Crippen molar-refractivity contribution in [1.29, 1.82) is 0 Å². The zero-order valence-corrected chi connectivity index (χ0v) is 30.7. The number of likely N-dealkylation sites (tertiary alicyclic amines) is 1. The molecule has 1 amide bonds. The van der Waals surface area contributed by atoms with Gasteiger partial charge in [0.25, 0.3) is 5.91 Å². The highest BCUT2D eigenvalue weighted by Gasteiger charge is 2.55. The summed E-state index contributed by atoms with van der Waals surface area (Å²) in [6.45, 7) is 24.3. The summed E-state index contributed by atoms with van der Waals surface area (Å²) in [5.41, 5.74) is 2.26. The van der Waals surface area contributed by atoms with Gasteiger partial charge in [-0.15, -0.1) is 0 Å². The van der Waals surface area contributed by atoms with Gasteiger partial charge in [-0.1, -0.05) is 84.0 Å². The van der Waals surface area contributed by atoms with Gasteiger partial charge in [-0.25, -0.2) is 0 Å². The van der Waals surface area contributed by atoms with Gasteiger partial charge >= 0.3 is 0 Å². The van der Waals surface area contributed by atoms with Crippen molar-refractivity contribution in [3.8, 4) is 5.75 Å². The van der Waals surface area contributed by atoms with Gasteiger partial charge in [0.05, 0.1) is 25.9 Å². The molecule has 6 nitrogen and oxygen atoms in total. The standard InChI is InChI=1S/C35H57NO5Si2/c1-34(2,3)42(8,9)40-31-30(19-15-16-24-39-26-28-17-13-12-14-18-28)36(25-27-20-22-29(38-7)23-21-27)33(37)32(31)41-43(10,11)35(4,5)6/h12-14,17-18,20-23,30-32H,15-16,19,24-26H2,1-11H3/t30-,31-,32+/m0/s1. The van der Waals surface area contributed by atoms with E-state index in [4.69, 9.17) is 18.3 Å². The molecule has 2 aromatic rings. The van der Waals surface area contributed by atoms with Crippen LogP contribution in [0.4, 0.5) is 0 Å². The van der Waals surface area contributed by atoms with Crippen molar-refractivity contribution in [2.24, 2.45) is 0 Å². The first-order valence-corrected chi connectivity index (χ1v) is 21.7. The van der Waals surface area contributed by atoms with E-state index in [1.807, 2.05) is 47.4 Å². The zero-order valence-electron chi connectivity index (χ0n) is 28.7. The van der Waals surface area contributed by atoms with Gasteiger partial charge in [-0.3, -0.25) is 4.79 Å². The van der Waals surface area contributed by atoms with Crippen LogP contribution in [0.5, 0.6) is 5.75 Å². The number of unbranched alkanes of at least 4 members (excludes halogenated alkanes) is 1. The lowest BCUT2D eigenvalue weighted by atomic mass is 10.0. The molecule has 0 radical (unpaired) electrons. The van der Waals surface area contributed by atoms with Crippen molar-refractivity contribution >= 4 is 22.5 Å². The maximum Gasteiger partial charge on any atom is 0.253 e. The summed E-state index contributed by atoms with van der Waals surface area (Å²) in [4.78, 5) is 16.4. The summed E-state index contributed by atoms with van der Waals surface area (Å²) >= 11 is 0. The normalized spacial score (nSPS) is 20.1. The SMILES string of the molecule is COc1ccc(CN2C(=O)[C@H](O[Si](C)(C)C(C)(C)C)[C@@H](O[Si](C)(C)C(C)(C)C)[C@@H]2CCCCOCc2ccccc2)cc1. The van der Waals surface area contributed by atoms with Gasteiger partial charge in [0.15, 0.2) is 22.7 Å². The summed E-state index contributed by atoms with van der Waals surface area (Å²) in [5.74, 6) is 0.858. The number of nitrogens with zero attached hydrogens (tertiary/aromatic N) is 1. The van der Waals surface area contributed by atoms with Gasteiger partial charge in [0, 0.05) is 13.2 Å². The minimum Gasteiger partial charge on any atom is -0.497 e. The third kappa shape index (κ3) is 9.27. The predicted molar refractivity (Wildman–Crippen MR) is 181 cm³/mol. The second kappa shape index (κ2) is 14.4. The molecule has 1 heterocycles. The van der Waals surface area contributed by atoms with Gasteiger partial charge in [0.2, 0.25) is 0 Å². The molecule has 0 saturated carbocycles. The molecule has 0 bridgehead atoms. The van der Waals surface area contributed by atoms with E-state index < -0.39 is 22.7 Å². The minimum atomic E-state index is -2.27. The Balaban J connectivity index is 1.88. The Hall–Kier alpha value is -1.98. The summed E-state index contributed by atoms with van der Waals surface area (Å²) in [7, 11) is -2.82. The highest BCUT2D eigenvalue weighted by Crippen LogP contribution is 2.44. The van der Waals surface area contributed by atoms with E-state index >= 15 is 0 Å². The van der Waals surface area contributed by atoms with Crippen molar-refractivity contribution in [3.05, 3.63) is 65.7 Å². The van der Waals surface area contributed by atoms with Crippen LogP contribution in [0.1, 0.15) is 71.9 Å². The Labute approximate surface area is 263 Å². The van der Waals surface area contributed by atoms with Crippen molar-refractivity contribution in [3.63, 3.8) is 0 Å². The first-order valence-electron chi connectivity index (χ1n) is 15.9. The molecular formula is C35H57NO5Si2. The summed E-state index contributed by atoms with van der Waals surface area (Å²) in [6, 6.07) is 18.2. The molecule has 43 heavy (non-hydrogen) atoms. The van der Waals surface area contributed by atoms with Crippen molar-refractivity contribution in [1.82, 2.24) is 4.90 Å². The molecule has 0 aliphatic carbocycles. The van der Waals surface area contributed by atoms with E-state index in [-0.39, 0.29) is 28.1 Å². The van der Waals surface area contributed by atoms with Gasteiger partial charge in [-0.2, -0.15) is 0 Å². The Morgan fingerprint density at radius 3 is 1.91 bits per heavy atom. The smallest absolute Gasteiger partial charge is 0.253 e. The quantitative estimate of drug-likeness (QED) is 0.155.